The molecule has 0 spiro atoms. The van der Waals surface area contributed by atoms with E-state index in [9.17, 15) is 9.59 Å². The minimum absolute atomic E-state index is 0.294. The number of nitriles is 1. The summed E-state index contributed by atoms with van der Waals surface area (Å²) in [5.74, 6) is -0.294. The van der Waals surface area contributed by atoms with Crippen molar-refractivity contribution in [3.8, 4) is 6.07 Å². The minimum atomic E-state index is -0.317. The molecule has 0 radical (unpaired) electrons. The number of fused-ring (bicyclic) bond motifs is 1. The Morgan fingerprint density at radius 3 is 2.88 bits per heavy atom. The van der Waals surface area contributed by atoms with Gasteiger partial charge in [-0.05, 0) is 37.6 Å². The van der Waals surface area contributed by atoms with E-state index in [0.717, 1.165) is 10.4 Å². The van der Waals surface area contributed by atoms with Crippen LogP contribution in [0.25, 0.3) is 4.96 Å². The molecule has 0 aliphatic heterocycles. The number of hydrogen-bond donors (Lipinski definition) is 1. The number of nitrogens with one attached hydrogen (secondary N) is 1. The van der Waals surface area contributed by atoms with Crippen LogP contribution in [0.2, 0.25) is 5.02 Å². The average molecular weight is 387 g/mol. The molecule has 0 unspecified atom stereocenters. The Kier molecular flexibility index (Phi) is 5.07. The average Bonchev–Trinajstić information content (AvgIpc) is 2.93. The second-order valence-electron chi connectivity index (χ2n) is 5.66. The Bertz CT molecular complexity index is 1110. The fourth-order valence-corrected chi connectivity index (χ4v) is 3.87. The van der Waals surface area contributed by atoms with Crippen molar-refractivity contribution in [1.82, 2.24) is 14.7 Å². The third-order valence-electron chi connectivity index (χ3n) is 3.84. The first kappa shape index (κ1) is 18.1. The molecule has 0 fully saturated rings. The molecule has 3 aromatic rings. The van der Waals surface area contributed by atoms with Crippen LogP contribution in [0.15, 0.2) is 29.1 Å². The number of thiazole rings is 1. The molecule has 8 heteroatoms. The molecule has 2 heterocycles. The SMILES string of the molecule is CCNC(=O)c1c(C)sc2nc(Cc3cc(C#N)ccc3Cl)cc(=O)n12. The lowest BCUT2D eigenvalue weighted by Crippen LogP contribution is -2.28. The smallest absolute Gasteiger partial charge is 0.269 e. The number of aryl methyl sites for hydroxylation is 1. The van der Waals surface area contributed by atoms with Crippen molar-refractivity contribution in [3.05, 3.63) is 67.0 Å². The quantitative estimate of drug-likeness (QED) is 0.746. The van der Waals surface area contributed by atoms with Gasteiger partial charge < -0.3 is 5.32 Å². The second-order valence-corrected chi connectivity index (χ2v) is 7.25. The maximum Gasteiger partial charge on any atom is 0.269 e. The maximum absolute atomic E-state index is 12.6. The van der Waals surface area contributed by atoms with E-state index in [0.29, 0.717) is 39.9 Å². The summed E-state index contributed by atoms with van der Waals surface area (Å²) in [6, 6.07) is 8.45. The van der Waals surface area contributed by atoms with Gasteiger partial charge in [0.1, 0.15) is 5.69 Å². The maximum atomic E-state index is 12.6. The van der Waals surface area contributed by atoms with E-state index in [1.165, 1.54) is 21.8 Å². The number of benzene rings is 1. The third kappa shape index (κ3) is 3.34. The third-order valence-corrected chi connectivity index (χ3v) is 5.17. The summed E-state index contributed by atoms with van der Waals surface area (Å²) in [5, 5.41) is 12.3. The molecule has 1 aromatic carbocycles. The molecule has 1 amide bonds. The van der Waals surface area contributed by atoms with Crippen LogP contribution in [-0.2, 0) is 6.42 Å². The first-order valence-corrected chi connectivity index (χ1v) is 9.12. The van der Waals surface area contributed by atoms with Crippen molar-refractivity contribution in [2.24, 2.45) is 0 Å². The van der Waals surface area contributed by atoms with Crippen molar-refractivity contribution in [3.63, 3.8) is 0 Å². The van der Waals surface area contributed by atoms with E-state index < -0.39 is 0 Å². The van der Waals surface area contributed by atoms with Crippen LogP contribution in [-0.4, -0.2) is 21.8 Å². The number of halogens is 1. The van der Waals surface area contributed by atoms with Crippen LogP contribution >= 0.6 is 22.9 Å². The number of rotatable bonds is 4. The van der Waals surface area contributed by atoms with E-state index >= 15 is 0 Å². The lowest BCUT2D eigenvalue weighted by molar-refractivity contribution is 0.0949. The minimum Gasteiger partial charge on any atom is -0.351 e. The molecule has 0 atom stereocenters. The van der Waals surface area contributed by atoms with Gasteiger partial charge in [-0.15, -0.1) is 11.3 Å². The van der Waals surface area contributed by atoms with Gasteiger partial charge in [0, 0.05) is 28.9 Å². The molecule has 6 nitrogen and oxygen atoms in total. The first-order valence-electron chi connectivity index (χ1n) is 7.93. The zero-order valence-electron chi connectivity index (χ0n) is 14.2. The van der Waals surface area contributed by atoms with Crippen LogP contribution in [0.1, 0.15) is 39.1 Å². The number of carbonyl (C=O) groups excluding carboxylic acids is 1. The monoisotopic (exact) mass is 386 g/mol. The van der Waals surface area contributed by atoms with Gasteiger partial charge in [0.25, 0.3) is 11.5 Å². The zero-order chi connectivity index (χ0) is 18.8. The van der Waals surface area contributed by atoms with Crippen LogP contribution in [0.4, 0.5) is 0 Å². The van der Waals surface area contributed by atoms with E-state index in [1.807, 2.05) is 6.92 Å². The number of amides is 1. The van der Waals surface area contributed by atoms with Gasteiger partial charge in [0.15, 0.2) is 4.96 Å². The van der Waals surface area contributed by atoms with Crippen LogP contribution in [0.3, 0.4) is 0 Å². The van der Waals surface area contributed by atoms with Crippen LogP contribution < -0.4 is 10.9 Å². The highest BCUT2D eigenvalue weighted by atomic mass is 35.5. The standard InChI is InChI=1S/C18H15ClN4O2S/c1-3-21-17(25)16-10(2)26-18-22-13(8-15(24)23(16)18)7-12-6-11(9-20)4-5-14(12)19/h4-6,8H,3,7H2,1-2H3,(H,21,25). The Labute approximate surface area is 158 Å². The first-order chi connectivity index (χ1) is 12.4. The lowest BCUT2D eigenvalue weighted by atomic mass is 10.1. The predicted molar refractivity (Wildman–Crippen MR) is 101 cm³/mol. The summed E-state index contributed by atoms with van der Waals surface area (Å²) in [6.45, 7) is 4.08. The second kappa shape index (κ2) is 7.28. The molecule has 26 heavy (non-hydrogen) atoms. The number of hydrogen-bond acceptors (Lipinski definition) is 5. The van der Waals surface area contributed by atoms with Crippen molar-refractivity contribution in [2.45, 2.75) is 20.3 Å². The van der Waals surface area contributed by atoms with E-state index in [1.54, 1.807) is 25.1 Å². The molecule has 0 saturated carbocycles. The molecule has 132 valence electrons. The molecule has 0 saturated heterocycles. The molecule has 0 aliphatic rings. The van der Waals surface area contributed by atoms with Crippen molar-refractivity contribution in [1.29, 1.82) is 5.26 Å². The van der Waals surface area contributed by atoms with Gasteiger partial charge in [-0.2, -0.15) is 5.26 Å². The van der Waals surface area contributed by atoms with E-state index in [4.69, 9.17) is 16.9 Å². The summed E-state index contributed by atoms with van der Waals surface area (Å²) in [7, 11) is 0. The summed E-state index contributed by atoms with van der Waals surface area (Å²) in [5.41, 5.74) is 1.76. The molecule has 2 aromatic heterocycles. The van der Waals surface area contributed by atoms with E-state index in [2.05, 4.69) is 16.4 Å². The van der Waals surface area contributed by atoms with Gasteiger partial charge in [0.2, 0.25) is 0 Å². The molecular weight excluding hydrogens is 372 g/mol. The predicted octanol–water partition coefficient (Wildman–Crippen LogP) is 2.93. The Balaban J connectivity index is 2.07. The number of nitrogens with zero attached hydrogens (tertiary/aromatic N) is 3. The molecule has 3 rings (SSSR count). The van der Waals surface area contributed by atoms with Gasteiger partial charge in [-0.25, -0.2) is 9.38 Å². The number of carbonyl (C=O) groups is 1. The normalized spacial score (nSPS) is 10.7. The highest BCUT2D eigenvalue weighted by molar-refractivity contribution is 7.17. The lowest BCUT2D eigenvalue weighted by Gasteiger charge is -2.06. The van der Waals surface area contributed by atoms with Crippen LogP contribution in [0.5, 0.6) is 0 Å². The van der Waals surface area contributed by atoms with Crippen molar-refractivity contribution >= 4 is 33.8 Å². The Hall–Kier alpha value is -2.69. The summed E-state index contributed by atoms with van der Waals surface area (Å²) in [4.78, 5) is 30.5. The zero-order valence-corrected chi connectivity index (χ0v) is 15.7. The Morgan fingerprint density at radius 2 is 2.19 bits per heavy atom. The topological polar surface area (TPSA) is 87.3 Å². The molecule has 0 aliphatic carbocycles. The highest BCUT2D eigenvalue weighted by Crippen LogP contribution is 2.23. The summed E-state index contributed by atoms with van der Waals surface area (Å²) >= 11 is 7.49. The van der Waals surface area contributed by atoms with Gasteiger partial charge in [0.05, 0.1) is 17.3 Å². The fraction of sp³-hybridized carbons (Fsp3) is 0.222. The van der Waals surface area contributed by atoms with E-state index in [-0.39, 0.29) is 11.5 Å². The molecule has 0 bridgehead atoms. The number of aromatic nitrogens is 2. The Morgan fingerprint density at radius 1 is 1.42 bits per heavy atom. The fourth-order valence-electron chi connectivity index (χ4n) is 2.69. The molecular formula is C18H15ClN4O2S. The van der Waals surface area contributed by atoms with Gasteiger partial charge in [-0.3, -0.25) is 9.59 Å². The van der Waals surface area contributed by atoms with Crippen molar-refractivity contribution in [2.75, 3.05) is 6.54 Å². The van der Waals surface area contributed by atoms with Gasteiger partial charge >= 0.3 is 0 Å². The van der Waals surface area contributed by atoms with Gasteiger partial charge in [-0.1, -0.05) is 11.6 Å². The van der Waals surface area contributed by atoms with Crippen molar-refractivity contribution < 1.29 is 4.79 Å². The van der Waals surface area contributed by atoms with Crippen LogP contribution in [0, 0.1) is 18.3 Å². The summed E-state index contributed by atoms with van der Waals surface area (Å²) < 4.78 is 1.34. The molecule has 1 N–H and O–H groups in total. The largest absolute Gasteiger partial charge is 0.351 e. The summed E-state index contributed by atoms with van der Waals surface area (Å²) in [6.07, 6.45) is 0.327. The highest BCUT2D eigenvalue weighted by Gasteiger charge is 2.19.